The molecule has 18 heavy (non-hydrogen) atoms. The Hall–Kier alpha value is -1.88. The summed E-state index contributed by atoms with van der Waals surface area (Å²) in [6.07, 6.45) is 0. The molecule has 0 spiro atoms. The molecule has 0 aliphatic rings. The number of hydrogen-bond acceptors (Lipinski definition) is 3. The molecule has 0 saturated carbocycles. The normalized spacial score (nSPS) is 11.7. The fourth-order valence-corrected chi connectivity index (χ4v) is 1.38. The maximum absolute atomic E-state index is 11.6. The quantitative estimate of drug-likeness (QED) is 0.729. The van der Waals surface area contributed by atoms with Crippen molar-refractivity contribution in [3.05, 3.63) is 35.9 Å². The van der Waals surface area contributed by atoms with Gasteiger partial charge in [0.2, 0.25) is 5.91 Å². The summed E-state index contributed by atoms with van der Waals surface area (Å²) in [5, 5.41) is 7.83. The largest absolute Gasteiger partial charge is 0.338 e. The van der Waals surface area contributed by atoms with Gasteiger partial charge in [-0.25, -0.2) is 4.79 Å². The lowest BCUT2D eigenvalue weighted by Crippen LogP contribution is -2.47. The molecule has 0 heterocycles. The molecule has 98 valence electrons. The number of nitrogens with one attached hydrogen (secondary N) is 3. The number of imide groups is 1. The van der Waals surface area contributed by atoms with Crippen LogP contribution in [0.25, 0.3) is 0 Å². The van der Waals surface area contributed by atoms with Crippen molar-refractivity contribution in [2.24, 2.45) is 0 Å². The summed E-state index contributed by atoms with van der Waals surface area (Å²) in [5.74, 6) is -0.336. The highest BCUT2D eigenvalue weighted by molar-refractivity contribution is 5.96. The van der Waals surface area contributed by atoms with Gasteiger partial charge in [0, 0.05) is 13.1 Å². The summed E-state index contributed by atoms with van der Waals surface area (Å²) in [5.41, 5.74) is 1.09. The minimum absolute atomic E-state index is 0.336. The number of amides is 3. The molecule has 1 rings (SSSR count). The lowest BCUT2D eigenvalue weighted by Gasteiger charge is -2.13. The van der Waals surface area contributed by atoms with Gasteiger partial charge in [-0.2, -0.15) is 0 Å². The fourth-order valence-electron chi connectivity index (χ4n) is 1.38. The molecular formula is C13H19N3O2. The van der Waals surface area contributed by atoms with Gasteiger partial charge >= 0.3 is 6.03 Å². The third kappa shape index (κ3) is 4.97. The average Bonchev–Trinajstić information content (AvgIpc) is 2.37. The highest BCUT2D eigenvalue weighted by atomic mass is 16.2. The van der Waals surface area contributed by atoms with Crippen LogP contribution in [-0.4, -0.2) is 24.5 Å². The summed E-state index contributed by atoms with van der Waals surface area (Å²) in [7, 11) is 0. The van der Waals surface area contributed by atoms with E-state index in [-0.39, 0.29) is 5.91 Å². The Morgan fingerprint density at radius 1 is 1.22 bits per heavy atom. The third-order valence-electron chi connectivity index (χ3n) is 2.42. The molecule has 1 atom stereocenters. The summed E-state index contributed by atoms with van der Waals surface area (Å²) in [6.45, 7) is 4.59. The van der Waals surface area contributed by atoms with E-state index in [0.29, 0.717) is 13.1 Å². The Morgan fingerprint density at radius 2 is 1.89 bits per heavy atom. The van der Waals surface area contributed by atoms with E-state index in [9.17, 15) is 9.59 Å². The van der Waals surface area contributed by atoms with Crippen LogP contribution in [0.3, 0.4) is 0 Å². The van der Waals surface area contributed by atoms with Crippen LogP contribution < -0.4 is 16.0 Å². The first-order valence-corrected chi connectivity index (χ1v) is 5.99. The smallest absolute Gasteiger partial charge is 0.321 e. The zero-order valence-corrected chi connectivity index (χ0v) is 10.7. The van der Waals surface area contributed by atoms with Crippen molar-refractivity contribution >= 4 is 11.9 Å². The molecule has 3 amide bonds. The van der Waals surface area contributed by atoms with E-state index < -0.39 is 12.1 Å². The van der Waals surface area contributed by atoms with Crippen LogP contribution in [0.4, 0.5) is 4.79 Å². The van der Waals surface area contributed by atoms with Gasteiger partial charge in [-0.3, -0.25) is 10.1 Å². The van der Waals surface area contributed by atoms with E-state index in [1.54, 1.807) is 13.8 Å². The van der Waals surface area contributed by atoms with Crippen LogP contribution >= 0.6 is 0 Å². The molecule has 1 aromatic carbocycles. The Morgan fingerprint density at radius 3 is 2.50 bits per heavy atom. The van der Waals surface area contributed by atoms with Gasteiger partial charge in [-0.05, 0) is 19.4 Å². The number of carbonyl (C=O) groups is 2. The Bertz CT molecular complexity index is 392. The fraction of sp³-hybridized carbons (Fsp3) is 0.385. The van der Waals surface area contributed by atoms with Crippen LogP contribution in [0, 0.1) is 0 Å². The summed E-state index contributed by atoms with van der Waals surface area (Å²) >= 11 is 0. The minimum atomic E-state index is -0.462. The standard InChI is InChI=1S/C13H19N3O2/c1-3-14-13(18)16-12(17)10(2)15-9-11-7-5-4-6-8-11/h4-8,10,15H,3,9H2,1-2H3,(H2,14,16,17,18). The van der Waals surface area contributed by atoms with Crippen molar-refractivity contribution in [2.45, 2.75) is 26.4 Å². The molecular weight excluding hydrogens is 230 g/mol. The first-order chi connectivity index (χ1) is 8.63. The number of rotatable bonds is 5. The molecule has 1 aromatic rings. The molecule has 3 N–H and O–H groups in total. The molecule has 0 aliphatic carbocycles. The van der Waals surface area contributed by atoms with E-state index in [0.717, 1.165) is 5.56 Å². The number of hydrogen-bond donors (Lipinski definition) is 3. The number of urea groups is 1. The van der Waals surface area contributed by atoms with E-state index in [1.807, 2.05) is 30.3 Å². The predicted molar refractivity (Wildman–Crippen MR) is 70.0 cm³/mol. The molecule has 0 aromatic heterocycles. The molecule has 0 radical (unpaired) electrons. The van der Waals surface area contributed by atoms with Crippen LogP contribution in [0.15, 0.2) is 30.3 Å². The van der Waals surface area contributed by atoms with E-state index in [2.05, 4.69) is 16.0 Å². The van der Waals surface area contributed by atoms with Gasteiger partial charge in [0.1, 0.15) is 0 Å². The average molecular weight is 249 g/mol. The van der Waals surface area contributed by atoms with Gasteiger partial charge in [-0.15, -0.1) is 0 Å². The van der Waals surface area contributed by atoms with Crippen molar-refractivity contribution in [3.8, 4) is 0 Å². The van der Waals surface area contributed by atoms with Crippen molar-refractivity contribution in [3.63, 3.8) is 0 Å². The van der Waals surface area contributed by atoms with E-state index in [4.69, 9.17) is 0 Å². The summed E-state index contributed by atoms with van der Waals surface area (Å²) < 4.78 is 0. The summed E-state index contributed by atoms with van der Waals surface area (Å²) in [6, 6.07) is 8.88. The maximum atomic E-state index is 11.6. The molecule has 0 saturated heterocycles. The predicted octanol–water partition coefficient (Wildman–Crippen LogP) is 1.01. The Balaban J connectivity index is 2.34. The zero-order valence-electron chi connectivity index (χ0n) is 10.7. The highest BCUT2D eigenvalue weighted by Gasteiger charge is 2.14. The van der Waals surface area contributed by atoms with Gasteiger partial charge in [0.15, 0.2) is 0 Å². The lowest BCUT2D eigenvalue weighted by atomic mass is 10.2. The van der Waals surface area contributed by atoms with Crippen LogP contribution in [0.2, 0.25) is 0 Å². The van der Waals surface area contributed by atoms with Gasteiger partial charge in [0.05, 0.1) is 6.04 Å². The van der Waals surface area contributed by atoms with Crippen LogP contribution in [0.5, 0.6) is 0 Å². The van der Waals surface area contributed by atoms with Crippen molar-refractivity contribution < 1.29 is 9.59 Å². The van der Waals surface area contributed by atoms with Gasteiger partial charge < -0.3 is 10.6 Å². The topological polar surface area (TPSA) is 70.2 Å². The van der Waals surface area contributed by atoms with Crippen LogP contribution in [-0.2, 0) is 11.3 Å². The number of carbonyl (C=O) groups excluding carboxylic acids is 2. The lowest BCUT2D eigenvalue weighted by molar-refractivity contribution is -0.121. The second-order valence-electron chi connectivity index (χ2n) is 3.94. The second kappa shape index (κ2) is 7.45. The first kappa shape index (κ1) is 14.2. The van der Waals surface area contributed by atoms with Crippen molar-refractivity contribution in [2.75, 3.05) is 6.54 Å². The monoisotopic (exact) mass is 249 g/mol. The minimum Gasteiger partial charge on any atom is -0.338 e. The molecule has 5 heteroatoms. The highest BCUT2D eigenvalue weighted by Crippen LogP contribution is 1.98. The third-order valence-corrected chi connectivity index (χ3v) is 2.42. The molecule has 0 bridgehead atoms. The SMILES string of the molecule is CCNC(=O)NC(=O)C(C)NCc1ccccc1. The second-order valence-corrected chi connectivity index (χ2v) is 3.94. The van der Waals surface area contributed by atoms with E-state index in [1.165, 1.54) is 0 Å². The Kier molecular flexibility index (Phi) is 5.87. The van der Waals surface area contributed by atoms with Crippen LogP contribution in [0.1, 0.15) is 19.4 Å². The molecule has 0 fully saturated rings. The molecule has 5 nitrogen and oxygen atoms in total. The molecule has 0 aliphatic heterocycles. The maximum Gasteiger partial charge on any atom is 0.321 e. The molecule has 1 unspecified atom stereocenters. The van der Waals surface area contributed by atoms with Crippen molar-refractivity contribution in [1.29, 1.82) is 0 Å². The van der Waals surface area contributed by atoms with E-state index >= 15 is 0 Å². The summed E-state index contributed by atoms with van der Waals surface area (Å²) in [4.78, 5) is 22.8. The number of benzene rings is 1. The first-order valence-electron chi connectivity index (χ1n) is 5.99. The van der Waals surface area contributed by atoms with Crippen molar-refractivity contribution in [1.82, 2.24) is 16.0 Å². The zero-order chi connectivity index (χ0) is 13.4. The van der Waals surface area contributed by atoms with Gasteiger partial charge in [-0.1, -0.05) is 30.3 Å². The van der Waals surface area contributed by atoms with Gasteiger partial charge in [0.25, 0.3) is 0 Å². The Labute approximate surface area is 107 Å².